The van der Waals surface area contributed by atoms with Crippen molar-refractivity contribution >= 4 is 11.3 Å². The summed E-state index contributed by atoms with van der Waals surface area (Å²) in [5.41, 5.74) is 1.36. The highest BCUT2D eigenvalue weighted by molar-refractivity contribution is 7.15. The van der Waals surface area contributed by atoms with Gasteiger partial charge >= 0.3 is 0 Å². The first-order chi connectivity index (χ1) is 7.84. The largest absolute Gasteiger partial charge is 0.139 e. The molecular weight excluding hydrogens is 212 g/mol. The van der Waals surface area contributed by atoms with Crippen LogP contribution in [0.5, 0.6) is 0 Å². The standard InChI is InChI=1S/C15H12S/c1-2-15(10-11-15)14-9-8-13(16-14)12-6-4-3-5-7-12/h1,3-9H,10-11H2. The predicted octanol–water partition coefficient (Wildman–Crippen LogP) is 4.08. The minimum atomic E-state index is 0.0810. The lowest BCUT2D eigenvalue weighted by Gasteiger charge is -2.02. The van der Waals surface area contributed by atoms with Gasteiger partial charge in [-0.25, -0.2) is 0 Å². The molecule has 0 atom stereocenters. The quantitative estimate of drug-likeness (QED) is 0.674. The average molecular weight is 224 g/mol. The molecule has 1 heterocycles. The van der Waals surface area contributed by atoms with Crippen LogP contribution in [0.15, 0.2) is 42.5 Å². The summed E-state index contributed by atoms with van der Waals surface area (Å²) in [6.07, 6.45) is 7.91. The van der Waals surface area contributed by atoms with Crippen LogP contribution in [0, 0.1) is 12.3 Å². The van der Waals surface area contributed by atoms with Crippen LogP contribution < -0.4 is 0 Å². The van der Waals surface area contributed by atoms with Crippen molar-refractivity contribution in [2.75, 3.05) is 0 Å². The molecule has 1 aromatic heterocycles. The van der Waals surface area contributed by atoms with E-state index in [0.29, 0.717) is 0 Å². The normalized spacial score (nSPS) is 16.7. The number of hydrogen-bond donors (Lipinski definition) is 0. The molecule has 0 aliphatic heterocycles. The smallest absolute Gasteiger partial charge is 0.0654 e. The summed E-state index contributed by atoms with van der Waals surface area (Å²) in [7, 11) is 0. The van der Waals surface area contributed by atoms with Crippen LogP contribution in [0.4, 0.5) is 0 Å². The van der Waals surface area contributed by atoms with Crippen molar-refractivity contribution in [3.8, 4) is 22.8 Å². The van der Waals surface area contributed by atoms with Crippen LogP contribution in [-0.2, 0) is 5.41 Å². The summed E-state index contributed by atoms with van der Waals surface area (Å²) in [5, 5.41) is 0. The lowest BCUT2D eigenvalue weighted by molar-refractivity contribution is 0.962. The minimum Gasteiger partial charge on any atom is -0.139 e. The molecule has 3 rings (SSSR count). The Hall–Kier alpha value is -1.52. The predicted molar refractivity (Wildman–Crippen MR) is 69.5 cm³/mol. The lowest BCUT2D eigenvalue weighted by Crippen LogP contribution is -1.97. The van der Waals surface area contributed by atoms with E-state index in [2.05, 4.69) is 42.3 Å². The summed E-state index contributed by atoms with van der Waals surface area (Å²) in [4.78, 5) is 2.67. The highest BCUT2D eigenvalue weighted by atomic mass is 32.1. The van der Waals surface area contributed by atoms with E-state index in [1.54, 1.807) is 0 Å². The molecule has 2 aromatic rings. The van der Waals surface area contributed by atoms with Gasteiger partial charge in [-0.2, -0.15) is 0 Å². The van der Waals surface area contributed by atoms with Crippen molar-refractivity contribution in [2.45, 2.75) is 18.3 Å². The zero-order valence-corrected chi connectivity index (χ0v) is 9.76. The van der Waals surface area contributed by atoms with Crippen molar-refractivity contribution in [2.24, 2.45) is 0 Å². The molecule has 0 amide bonds. The first-order valence-corrected chi connectivity index (χ1v) is 6.29. The Morgan fingerprint density at radius 3 is 2.44 bits per heavy atom. The molecule has 1 heteroatoms. The third kappa shape index (κ3) is 1.47. The molecule has 1 aliphatic rings. The zero-order valence-electron chi connectivity index (χ0n) is 8.94. The molecule has 0 spiro atoms. The first kappa shape index (κ1) is 9.69. The maximum Gasteiger partial charge on any atom is 0.0654 e. The number of benzene rings is 1. The van der Waals surface area contributed by atoms with Crippen molar-refractivity contribution in [1.82, 2.24) is 0 Å². The third-order valence-electron chi connectivity index (χ3n) is 3.16. The van der Waals surface area contributed by atoms with Crippen LogP contribution in [-0.4, -0.2) is 0 Å². The molecule has 0 saturated heterocycles. The summed E-state index contributed by atoms with van der Waals surface area (Å²) in [6, 6.07) is 14.9. The van der Waals surface area contributed by atoms with Gasteiger partial charge in [0.25, 0.3) is 0 Å². The molecule has 1 aromatic carbocycles. The van der Waals surface area contributed by atoms with Crippen LogP contribution in [0.3, 0.4) is 0 Å². The van der Waals surface area contributed by atoms with Crippen LogP contribution >= 0.6 is 11.3 Å². The number of thiophene rings is 1. The molecule has 0 bridgehead atoms. The SMILES string of the molecule is C#CC1(c2ccc(-c3ccccc3)s2)CC1. The zero-order chi connectivity index (χ0) is 11.0. The van der Waals surface area contributed by atoms with Gasteiger partial charge in [-0.1, -0.05) is 36.3 Å². The Morgan fingerprint density at radius 2 is 1.81 bits per heavy atom. The first-order valence-electron chi connectivity index (χ1n) is 5.48. The number of hydrogen-bond acceptors (Lipinski definition) is 1. The van der Waals surface area contributed by atoms with Crippen molar-refractivity contribution < 1.29 is 0 Å². The van der Waals surface area contributed by atoms with Gasteiger partial charge in [0.05, 0.1) is 5.41 Å². The average Bonchev–Trinajstić information content (AvgIpc) is 3.00. The van der Waals surface area contributed by atoms with Crippen LogP contribution in [0.2, 0.25) is 0 Å². The molecule has 1 fully saturated rings. The van der Waals surface area contributed by atoms with E-state index in [0.717, 1.165) is 12.8 Å². The Kier molecular flexibility index (Phi) is 2.12. The van der Waals surface area contributed by atoms with Gasteiger partial charge in [0.15, 0.2) is 0 Å². The van der Waals surface area contributed by atoms with E-state index in [1.807, 2.05) is 17.4 Å². The molecule has 1 saturated carbocycles. The Labute approximate surface area is 99.9 Å². The molecule has 1 aliphatic carbocycles. The topological polar surface area (TPSA) is 0 Å². The van der Waals surface area contributed by atoms with Gasteiger partial charge in [0, 0.05) is 9.75 Å². The van der Waals surface area contributed by atoms with E-state index in [1.165, 1.54) is 15.3 Å². The fraction of sp³-hybridized carbons (Fsp3) is 0.200. The van der Waals surface area contributed by atoms with Gasteiger partial charge in [-0.3, -0.25) is 0 Å². The molecule has 0 unspecified atom stereocenters. The lowest BCUT2D eigenvalue weighted by atomic mass is 10.1. The van der Waals surface area contributed by atoms with E-state index in [-0.39, 0.29) is 5.41 Å². The fourth-order valence-corrected chi connectivity index (χ4v) is 3.16. The highest BCUT2D eigenvalue weighted by Gasteiger charge is 2.43. The van der Waals surface area contributed by atoms with Crippen molar-refractivity contribution in [3.63, 3.8) is 0 Å². The van der Waals surface area contributed by atoms with Gasteiger partial charge in [0.1, 0.15) is 0 Å². The van der Waals surface area contributed by atoms with Crippen molar-refractivity contribution in [1.29, 1.82) is 0 Å². The van der Waals surface area contributed by atoms with Crippen LogP contribution in [0.1, 0.15) is 17.7 Å². The van der Waals surface area contributed by atoms with Gasteiger partial charge in [-0.15, -0.1) is 17.8 Å². The van der Waals surface area contributed by atoms with E-state index < -0.39 is 0 Å². The monoisotopic (exact) mass is 224 g/mol. The summed E-state index contributed by atoms with van der Waals surface area (Å²) < 4.78 is 0. The molecule has 0 radical (unpaired) electrons. The Morgan fingerprint density at radius 1 is 1.06 bits per heavy atom. The van der Waals surface area contributed by atoms with Crippen molar-refractivity contribution in [3.05, 3.63) is 47.3 Å². The Balaban J connectivity index is 1.98. The van der Waals surface area contributed by atoms with Gasteiger partial charge in [0.2, 0.25) is 0 Å². The minimum absolute atomic E-state index is 0.0810. The highest BCUT2D eigenvalue weighted by Crippen LogP contribution is 2.50. The number of terminal acetylenes is 1. The maximum atomic E-state index is 5.61. The second-order valence-electron chi connectivity index (χ2n) is 4.26. The van der Waals surface area contributed by atoms with E-state index >= 15 is 0 Å². The van der Waals surface area contributed by atoms with E-state index in [9.17, 15) is 0 Å². The third-order valence-corrected chi connectivity index (χ3v) is 4.50. The van der Waals surface area contributed by atoms with Crippen LogP contribution in [0.25, 0.3) is 10.4 Å². The summed E-state index contributed by atoms with van der Waals surface area (Å²) >= 11 is 1.84. The summed E-state index contributed by atoms with van der Waals surface area (Å²) in [6.45, 7) is 0. The van der Waals surface area contributed by atoms with Gasteiger partial charge in [-0.05, 0) is 30.5 Å². The maximum absolute atomic E-state index is 5.61. The number of rotatable bonds is 2. The molecule has 0 nitrogen and oxygen atoms in total. The van der Waals surface area contributed by atoms with Gasteiger partial charge < -0.3 is 0 Å². The molecule has 78 valence electrons. The molecular formula is C15H12S. The van der Waals surface area contributed by atoms with E-state index in [4.69, 9.17) is 6.42 Å². The molecule has 16 heavy (non-hydrogen) atoms. The second kappa shape index (κ2) is 3.50. The second-order valence-corrected chi connectivity index (χ2v) is 5.34. The summed E-state index contributed by atoms with van der Waals surface area (Å²) in [5.74, 6) is 2.94. The molecule has 0 N–H and O–H groups in total. The fourth-order valence-electron chi connectivity index (χ4n) is 1.94. The Bertz CT molecular complexity index is 538.